The van der Waals surface area contributed by atoms with Crippen molar-refractivity contribution in [3.8, 4) is 0 Å². The highest BCUT2D eigenvalue weighted by molar-refractivity contribution is 5.67. The number of hydrogen-bond donors (Lipinski definition) is 4. The fraction of sp³-hybridized carbons (Fsp3) is 0.350. The lowest BCUT2D eigenvalue weighted by molar-refractivity contribution is 0.0129. The molecule has 0 spiro atoms. The summed E-state index contributed by atoms with van der Waals surface area (Å²) in [5.74, 6) is 0. The predicted octanol–water partition coefficient (Wildman–Crippen LogP) is 2.60. The van der Waals surface area contributed by atoms with Gasteiger partial charge in [0.05, 0.1) is 6.10 Å². The van der Waals surface area contributed by atoms with Gasteiger partial charge in [0.1, 0.15) is 12.7 Å². The largest absolute Gasteiger partial charge is 0.445 e. The van der Waals surface area contributed by atoms with E-state index < -0.39 is 18.3 Å². The summed E-state index contributed by atoms with van der Waals surface area (Å²) in [6.07, 6.45) is -2.41. The van der Waals surface area contributed by atoms with E-state index in [1.165, 1.54) is 0 Å². The van der Waals surface area contributed by atoms with Gasteiger partial charge in [0.2, 0.25) is 0 Å². The van der Waals surface area contributed by atoms with E-state index in [0.717, 1.165) is 16.7 Å². The van der Waals surface area contributed by atoms with Crippen LogP contribution < -0.4 is 11.1 Å². The Bertz CT molecular complexity index is 711. The molecule has 140 valence electrons. The highest BCUT2D eigenvalue weighted by Gasteiger charge is 2.22. The van der Waals surface area contributed by atoms with Crippen LogP contribution in [0.5, 0.6) is 0 Å². The summed E-state index contributed by atoms with van der Waals surface area (Å²) in [6, 6.07) is 12.9. The number of carbonyl (C=O) groups excluding carboxylic acids is 1. The second-order valence-electron chi connectivity index (χ2n) is 6.36. The third kappa shape index (κ3) is 5.47. The summed E-state index contributed by atoms with van der Waals surface area (Å²) in [5.41, 5.74) is 9.61. The zero-order chi connectivity index (χ0) is 19.1. The van der Waals surface area contributed by atoms with Gasteiger partial charge in [0, 0.05) is 12.2 Å². The van der Waals surface area contributed by atoms with Crippen molar-refractivity contribution in [3.05, 3.63) is 64.7 Å². The number of carbonyl (C=O) groups is 1. The molecule has 2 unspecified atom stereocenters. The van der Waals surface area contributed by atoms with Crippen LogP contribution in [-0.2, 0) is 11.3 Å². The first-order valence-corrected chi connectivity index (χ1v) is 8.55. The SMILES string of the molecule is Cc1cc(N)cc(C)c1C(O)C(O)CCNC(=O)OCc1ccccc1. The smallest absolute Gasteiger partial charge is 0.407 e. The number of aliphatic hydroxyl groups excluding tert-OH is 2. The van der Waals surface area contributed by atoms with Gasteiger partial charge in [-0.05, 0) is 54.7 Å². The van der Waals surface area contributed by atoms with E-state index in [-0.39, 0.29) is 19.6 Å². The summed E-state index contributed by atoms with van der Waals surface area (Å²) in [7, 11) is 0. The van der Waals surface area contributed by atoms with E-state index in [2.05, 4.69) is 5.32 Å². The molecule has 0 aliphatic carbocycles. The number of nitrogens with two attached hydrogens (primary N) is 1. The molecule has 2 atom stereocenters. The summed E-state index contributed by atoms with van der Waals surface area (Å²) < 4.78 is 5.10. The third-order valence-electron chi connectivity index (χ3n) is 4.20. The molecule has 6 heteroatoms. The molecule has 5 N–H and O–H groups in total. The minimum absolute atomic E-state index is 0.182. The lowest BCUT2D eigenvalue weighted by atomic mass is 9.93. The average molecular weight is 358 g/mol. The van der Waals surface area contributed by atoms with E-state index in [1.807, 2.05) is 44.2 Å². The van der Waals surface area contributed by atoms with Crippen LogP contribution in [0.15, 0.2) is 42.5 Å². The van der Waals surface area contributed by atoms with Gasteiger partial charge in [0.25, 0.3) is 0 Å². The first-order chi connectivity index (χ1) is 12.4. The molecular formula is C20H26N2O4. The molecule has 6 nitrogen and oxygen atoms in total. The lowest BCUT2D eigenvalue weighted by Crippen LogP contribution is -2.30. The summed E-state index contributed by atoms with van der Waals surface area (Å²) in [6.45, 7) is 4.06. The first kappa shape index (κ1) is 19.8. The molecule has 2 rings (SSSR count). The number of aliphatic hydroxyl groups is 2. The molecule has 2 aromatic rings. The molecule has 0 fully saturated rings. The van der Waals surface area contributed by atoms with Gasteiger partial charge < -0.3 is 26.0 Å². The van der Waals surface area contributed by atoms with Gasteiger partial charge in [0.15, 0.2) is 0 Å². The molecule has 26 heavy (non-hydrogen) atoms. The van der Waals surface area contributed by atoms with Crippen molar-refractivity contribution in [3.63, 3.8) is 0 Å². The number of alkyl carbamates (subject to hydrolysis) is 1. The average Bonchev–Trinajstić information content (AvgIpc) is 2.59. The Morgan fingerprint density at radius 1 is 1.15 bits per heavy atom. The van der Waals surface area contributed by atoms with E-state index in [9.17, 15) is 15.0 Å². The molecule has 0 aliphatic rings. The summed E-state index contributed by atoms with van der Waals surface area (Å²) in [4.78, 5) is 11.7. The Morgan fingerprint density at radius 2 is 1.77 bits per heavy atom. The number of anilines is 1. The van der Waals surface area contributed by atoms with Crippen LogP contribution in [0.1, 0.15) is 34.8 Å². The van der Waals surface area contributed by atoms with Crippen molar-refractivity contribution in [1.82, 2.24) is 5.32 Å². The van der Waals surface area contributed by atoms with Crippen LogP contribution in [0.4, 0.5) is 10.5 Å². The fourth-order valence-corrected chi connectivity index (χ4v) is 2.92. The molecule has 1 amide bonds. The van der Waals surface area contributed by atoms with Gasteiger partial charge in [-0.1, -0.05) is 30.3 Å². The molecule has 0 aliphatic heterocycles. The molecule has 0 heterocycles. The Balaban J connectivity index is 1.79. The monoisotopic (exact) mass is 358 g/mol. The Kier molecular flexibility index (Phi) is 7.00. The number of benzene rings is 2. The van der Waals surface area contributed by atoms with Gasteiger partial charge >= 0.3 is 6.09 Å². The van der Waals surface area contributed by atoms with E-state index >= 15 is 0 Å². The number of hydrogen-bond acceptors (Lipinski definition) is 5. The second-order valence-corrected chi connectivity index (χ2v) is 6.36. The first-order valence-electron chi connectivity index (χ1n) is 8.55. The van der Waals surface area contributed by atoms with Gasteiger partial charge in [-0.2, -0.15) is 0 Å². The molecule has 0 saturated carbocycles. The Morgan fingerprint density at radius 3 is 2.38 bits per heavy atom. The fourth-order valence-electron chi connectivity index (χ4n) is 2.92. The number of amides is 1. The van der Waals surface area contributed by atoms with Crippen LogP contribution in [0, 0.1) is 13.8 Å². The molecule has 0 radical (unpaired) electrons. The minimum atomic E-state index is -1.04. The molecular weight excluding hydrogens is 332 g/mol. The van der Waals surface area contributed by atoms with Crippen LogP contribution in [0.25, 0.3) is 0 Å². The van der Waals surface area contributed by atoms with Gasteiger partial charge in [-0.15, -0.1) is 0 Å². The summed E-state index contributed by atoms with van der Waals surface area (Å²) in [5, 5.41) is 23.2. The lowest BCUT2D eigenvalue weighted by Gasteiger charge is -2.22. The zero-order valence-corrected chi connectivity index (χ0v) is 15.1. The van der Waals surface area contributed by atoms with Crippen molar-refractivity contribution >= 4 is 11.8 Å². The van der Waals surface area contributed by atoms with Gasteiger partial charge in [-0.25, -0.2) is 4.79 Å². The second kappa shape index (κ2) is 9.22. The topological polar surface area (TPSA) is 105 Å². The van der Waals surface area contributed by atoms with E-state index in [0.29, 0.717) is 11.3 Å². The van der Waals surface area contributed by atoms with Crippen molar-refractivity contribution in [1.29, 1.82) is 0 Å². The standard InChI is InChI=1S/C20H26N2O4/c1-13-10-16(21)11-14(2)18(13)19(24)17(23)8-9-22-20(25)26-12-15-6-4-3-5-7-15/h3-7,10-11,17,19,23-24H,8-9,12,21H2,1-2H3,(H,22,25). The van der Waals surface area contributed by atoms with Crippen LogP contribution in [-0.4, -0.2) is 29.0 Å². The van der Waals surface area contributed by atoms with Crippen LogP contribution >= 0.6 is 0 Å². The quantitative estimate of drug-likeness (QED) is 0.570. The predicted molar refractivity (Wildman–Crippen MR) is 101 cm³/mol. The number of nitrogens with one attached hydrogen (secondary N) is 1. The van der Waals surface area contributed by atoms with Crippen LogP contribution in [0.2, 0.25) is 0 Å². The highest BCUT2D eigenvalue weighted by Crippen LogP contribution is 2.27. The minimum Gasteiger partial charge on any atom is -0.445 e. The van der Waals surface area contributed by atoms with Crippen LogP contribution in [0.3, 0.4) is 0 Å². The van der Waals surface area contributed by atoms with E-state index in [1.54, 1.807) is 12.1 Å². The maximum absolute atomic E-state index is 11.7. The maximum Gasteiger partial charge on any atom is 0.407 e. The van der Waals surface area contributed by atoms with Crippen molar-refractivity contribution in [2.45, 2.75) is 39.1 Å². The number of rotatable bonds is 7. The Hall–Kier alpha value is -2.57. The van der Waals surface area contributed by atoms with E-state index in [4.69, 9.17) is 10.5 Å². The highest BCUT2D eigenvalue weighted by atomic mass is 16.5. The maximum atomic E-state index is 11.7. The van der Waals surface area contributed by atoms with Gasteiger partial charge in [-0.3, -0.25) is 0 Å². The normalized spacial score (nSPS) is 13.1. The number of aryl methyl sites for hydroxylation is 2. The molecule has 0 saturated heterocycles. The van der Waals surface area contributed by atoms with Crippen molar-refractivity contribution in [2.75, 3.05) is 12.3 Å². The Labute approximate surface area is 153 Å². The third-order valence-corrected chi connectivity index (χ3v) is 4.20. The molecule has 2 aromatic carbocycles. The van der Waals surface area contributed by atoms with Crippen molar-refractivity contribution in [2.24, 2.45) is 0 Å². The number of ether oxygens (including phenoxy) is 1. The molecule has 0 bridgehead atoms. The van der Waals surface area contributed by atoms with Crippen molar-refractivity contribution < 1.29 is 19.7 Å². The number of nitrogen functional groups attached to an aromatic ring is 1. The summed E-state index contributed by atoms with van der Waals surface area (Å²) >= 11 is 0. The zero-order valence-electron chi connectivity index (χ0n) is 15.1. The molecule has 0 aromatic heterocycles.